The van der Waals surface area contributed by atoms with Crippen molar-refractivity contribution in [2.45, 2.75) is 6.54 Å². The van der Waals surface area contributed by atoms with Crippen LogP contribution < -0.4 is 10.6 Å². The van der Waals surface area contributed by atoms with E-state index in [1.54, 1.807) is 18.5 Å². The molecule has 4 nitrogen and oxygen atoms in total. The third-order valence-electron chi connectivity index (χ3n) is 2.36. The van der Waals surface area contributed by atoms with Crippen molar-refractivity contribution in [3.8, 4) is 0 Å². The highest BCUT2D eigenvalue weighted by atomic mass is 35.5. The van der Waals surface area contributed by atoms with Crippen molar-refractivity contribution in [3.05, 3.63) is 59.1 Å². The first-order valence-electron chi connectivity index (χ1n) is 5.54. The lowest BCUT2D eigenvalue weighted by atomic mass is 10.3. The second-order valence-corrected chi connectivity index (χ2v) is 4.20. The lowest BCUT2D eigenvalue weighted by Crippen LogP contribution is -2.28. The van der Waals surface area contributed by atoms with Crippen molar-refractivity contribution in [2.75, 3.05) is 5.32 Å². The maximum atomic E-state index is 12.8. The molecule has 0 fully saturated rings. The highest BCUT2D eigenvalue weighted by Crippen LogP contribution is 2.22. The van der Waals surface area contributed by atoms with E-state index >= 15 is 0 Å². The van der Waals surface area contributed by atoms with Gasteiger partial charge in [0.2, 0.25) is 0 Å². The number of pyridine rings is 1. The number of rotatable bonds is 3. The van der Waals surface area contributed by atoms with Gasteiger partial charge in [-0.2, -0.15) is 0 Å². The van der Waals surface area contributed by atoms with Crippen molar-refractivity contribution in [1.82, 2.24) is 10.3 Å². The van der Waals surface area contributed by atoms with Gasteiger partial charge in [-0.1, -0.05) is 17.7 Å². The fourth-order valence-corrected chi connectivity index (χ4v) is 1.66. The molecule has 0 radical (unpaired) electrons. The topological polar surface area (TPSA) is 54.0 Å². The summed E-state index contributed by atoms with van der Waals surface area (Å²) in [5, 5.41) is 5.33. The van der Waals surface area contributed by atoms with Gasteiger partial charge in [-0.25, -0.2) is 9.18 Å². The lowest BCUT2D eigenvalue weighted by Gasteiger charge is -2.08. The second-order valence-electron chi connectivity index (χ2n) is 3.79. The summed E-state index contributed by atoms with van der Waals surface area (Å²) >= 11 is 5.80. The highest BCUT2D eigenvalue weighted by molar-refractivity contribution is 6.33. The predicted octanol–water partition coefficient (Wildman–Crippen LogP) is 3.20. The molecule has 2 aromatic rings. The second kappa shape index (κ2) is 6.15. The van der Waals surface area contributed by atoms with Gasteiger partial charge in [-0.15, -0.1) is 0 Å². The number of halogens is 2. The van der Waals surface area contributed by atoms with Crippen LogP contribution in [0.4, 0.5) is 14.9 Å². The molecule has 1 aromatic carbocycles. The van der Waals surface area contributed by atoms with Gasteiger partial charge in [0, 0.05) is 18.9 Å². The largest absolute Gasteiger partial charge is 0.334 e. The molecular formula is C13H11ClFN3O. The number of urea groups is 1. The number of aromatic nitrogens is 1. The van der Waals surface area contributed by atoms with Crippen LogP contribution in [-0.2, 0) is 6.54 Å². The predicted molar refractivity (Wildman–Crippen MR) is 71.5 cm³/mol. The first-order valence-corrected chi connectivity index (χ1v) is 5.92. The van der Waals surface area contributed by atoms with Gasteiger partial charge in [-0.3, -0.25) is 4.98 Å². The Labute approximate surface area is 114 Å². The third kappa shape index (κ3) is 3.93. The molecule has 19 heavy (non-hydrogen) atoms. The molecule has 0 aliphatic heterocycles. The molecule has 0 bridgehead atoms. The summed E-state index contributed by atoms with van der Waals surface area (Å²) in [6.45, 7) is 0.346. The fraction of sp³-hybridized carbons (Fsp3) is 0.0769. The fourth-order valence-electron chi connectivity index (χ4n) is 1.44. The Morgan fingerprint density at radius 2 is 2.21 bits per heavy atom. The number of carbonyl (C=O) groups is 1. The van der Waals surface area contributed by atoms with E-state index in [-0.39, 0.29) is 5.02 Å². The van der Waals surface area contributed by atoms with E-state index in [1.807, 2.05) is 6.07 Å². The molecule has 2 N–H and O–H groups in total. The van der Waals surface area contributed by atoms with Gasteiger partial charge < -0.3 is 10.6 Å². The molecule has 98 valence electrons. The molecule has 2 rings (SSSR count). The van der Waals surface area contributed by atoms with Crippen LogP contribution >= 0.6 is 11.6 Å². The van der Waals surface area contributed by atoms with E-state index in [0.717, 1.165) is 11.6 Å². The lowest BCUT2D eigenvalue weighted by molar-refractivity contribution is 0.251. The van der Waals surface area contributed by atoms with E-state index in [0.29, 0.717) is 12.2 Å². The first-order chi connectivity index (χ1) is 9.15. The van der Waals surface area contributed by atoms with Gasteiger partial charge in [-0.05, 0) is 29.8 Å². The van der Waals surface area contributed by atoms with Crippen LogP contribution in [-0.4, -0.2) is 11.0 Å². The summed E-state index contributed by atoms with van der Waals surface area (Å²) in [6, 6.07) is 6.98. The molecule has 0 aliphatic carbocycles. The maximum absolute atomic E-state index is 12.8. The molecule has 6 heteroatoms. The van der Waals surface area contributed by atoms with Gasteiger partial charge >= 0.3 is 6.03 Å². The summed E-state index contributed by atoms with van der Waals surface area (Å²) in [6.07, 6.45) is 3.31. The molecule has 1 aromatic heterocycles. The van der Waals surface area contributed by atoms with Crippen LogP contribution in [0.3, 0.4) is 0 Å². The van der Waals surface area contributed by atoms with Crippen molar-refractivity contribution >= 4 is 23.3 Å². The molecule has 0 saturated heterocycles. The number of amides is 2. The number of hydrogen-bond donors (Lipinski definition) is 2. The Morgan fingerprint density at radius 3 is 2.89 bits per heavy atom. The zero-order valence-corrected chi connectivity index (χ0v) is 10.6. The Hall–Kier alpha value is -2.14. The van der Waals surface area contributed by atoms with Crippen LogP contribution in [0.5, 0.6) is 0 Å². The summed E-state index contributed by atoms with van der Waals surface area (Å²) in [7, 11) is 0. The quantitative estimate of drug-likeness (QED) is 0.906. The Bertz CT molecular complexity index is 577. The minimum atomic E-state index is -0.452. The minimum Gasteiger partial charge on any atom is -0.334 e. The number of benzene rings is 1. The summed E-state index contributed by atoms with van der Waals surface area (Å²) in [4.78, 5) is 15.6. The van der Waals surface area contributed by atoms with Gasteiger partial charge in [0.1, 0.15) is 5.82 Å². The van der Waals surface area contributed by atoms with Crippen molar-refractivity contribution in [1.29, 1.82) is 0 Å². The summed E-state index contributed by atoms with van der Waals surface area (Å²) in [5.74, 6) is -0.452. The normalized spacial score (nSPS) is 10.0. The van der Waals surface area contributed by atoms with E-state index in [9.17, 15) is 9.18 Å². The van der Waals surface area contributed by atoms with Crippen LogP contribution in [0.25, 0.3) is 0 Å². The number of nitrogens with zero attached hydrogens (tertiary/aromatic N) is 1. The number of nitrogens with one attached hydrogen (secondary N) is 2. The molecule has 0 unspecified atom stereocenters. The van der Waals surface area contributed by atoms with Crippen molar-refractivity contribution < 1.29 is 9.18 Å². The SMILES string of the molecule is O=C(NCc1cccnc1)Nc1ccc(F)cc1Cl. The number of hydrogen-bond acceptors (Lipinski definition) is 2. The van der Waals surface area contributed by atoms with Crippen molar-refractivity contribution in [2.24, 2.45) is 0 Å². The zero-order chi connectivity index (χ0) is 13.7. The third-order valence-corrected chi connectivity index (χ3v) is 2.67. The summed E-state index contributed by atoms with van der Waals surface area (Å²) in [5.41, 5.74) is 1.23. The Kier molecular flexibility index (Phi) is 4.30. The molecule has 0 atom stereocenters. The average Bonchev–Trinajstić information content (AvgIpc) is 2.41. The van der Waals surface area contributed by atoms with E-state index in [2.05, 4.69) is 15.6 Å². The molecule has 2 amide bonds. The molecule has 0 saturated carbocycles. The van der Waals surface area contributed by atoms with Gasteiger partial charge in [0.05, 0.1) is 10.7 Å². The minimum absolute atomic E-state index is 0.150. The molecular weight excluding hydrogens is 269 g/mol. The van der Waals surface area contributed by atoms with Crippen LogP contribution in [0, 0.1) is 5.82 Å². The number of carbonyl (C=O) groups excluding carboxylic acids is 1. The van der Waals surface area contributed by atoms with Crippen LogP contribution in [0.15, 0.2) is 42.7 Å². The van der Waals surface area contributed by atoms with E-state index < -0.39 is 11.8 Å². The monoisotopic (exact) mass is 279 g/mol. The standard InChI is InChI=1S/C13H11ClFN3O/c14-11-6-10(15)3-4-12(11)18-13(19)17-8-9-2-1-5-16-7-9/h1-7H,8H2,(H2,17,18,19). The van der Waals surface area contributed by atoms with Crippen LogP contribution in [0.2, 0.25) is 5.02 Å². The van der Waals surface area contributed by atoms with E-state index in [4.69, 9.17) is 11.6 Å². The smallest absolute Gasteiger partial charge is 0.319 e. The first kappa shape index (κ1) is 13.3. The van der Waals surface area contributed by atoms with Gasteiger partial charge in [0.25, 0.3) is 0 Å². The average molecular weight is 280 g/mol. The van der Waals surface area contributed by atoms with Gasteiger partial charge in [0.15, 0.2) is 0 Å². The van der Waals surface area contributed by atoms with Crippen molar-refractivity contribution in [3.63, 3.8) is 0 Å². The zero-order valence-electron chi connectivity index (χ0n) is 9.86. The molecule has 1 heterocycles. The van der Waals surface area contributed by atoms with Crippen LogP contribution in [0.1, 0.15) is 5.56 Å². The molecule has 0 aliphatic rings. The maximum Gasteiger partial charge on any atom is 0.319 e. The summed E-state index contributed by atoms with van der Waals surface area (Å²) < 4.78 is 12.8. The highest BCUT2D eigenvalue weighted by Gasteiger charge is 2.06. The Morgan fingerprint density at radius 1 is 1.37 bits per heavy atom. The molecule has 0 spiro atoms. The Balaban J connectivity index is 1.91. The van der Waals surface area contributed by atoms with E-state index in [1.165, 1.54) is 12.1 Å². The number of anilines is 1.